The van der Waals surface area contributed by atoms with Gasteiger partial charge in [-0.2, -0.15) is 0 Å². The number of hydrogen-bond donors (Lipinski definition) is 2. The highest BCUT2D eigenvalue weighted by Crippen LogP contribution is 2.23. The van der Waals surface area contributed by atoms with Crippen LogP contribution >= 0.6 is 0 Å². The Balaban J connectivity index is 2.01. The molecule has 2 aromatic carbocycles. The van der Waals surface area contributed by atoms with E-state index in [4.69, 9.17) is 4.74 Å². The highest BCUT2D eigenvalue weighted by molar-refractivity contribution is 5.97. The molecule has 0 saturated carbocycles. The smallest absolute Gasteiger partial charge is 0.246 e. The van der Waals surface area contributed by atoms with E-state index in [2.05, 4.69) is 10.6 Å². The van der Waals surface area contributed by atoms with Gasteiger partial charge in [0, 0.05) is 5.69 Å². The molecular formula is C16H18N2O2. The van der Waals surface area contributed by atoms with Gasteiger partial charge in [-0.25, -0.2) is 0 Å². The molecule has 2 N–H and O–H groups in total. The van der Waals surface area contributed by atoms with E-state index in [1.807, 2.05) is 61.5 Å². The van der Waals surface area contributed by atoms with Crippen LogP contribution in [0.15, 0.2) is 54.6 Å². The Bertz CT molecular complexity index is 570. The minimum atomic E-state index is -0.345. The molecule has 0 aliphatic carbocycles. The van der Waals surface area contributed by atoms with Gasteiger partial charge < -0.3 is 15.4 Å². The summed E-state index contributed by atoms with van der Waals surface area (Å²) in [5.41, 5.74) is 1.58. The van der Waals surface area contributed by atoms with Crippen molar-refractivity contribution in [2.24, 2.45) is 0 Å². The zero-order valence-electron chi connectivity index (χ0n) is 11.6. The minimum Gasteiger partial charge on any atom is -0.495 e. The molecule has 1 amide bonds. The van der Waals surface area contributed by atoms with Gasteiger partial charge in [-0.05, 0) is 31.2 Å². The fraction of sp³-hybridized carbons (Fsp3) is 0.188. The van der Waals surface area contributed by atoms with E-state index in [0.717, 1.165) is 5.69 Å². The number of carbonyl (C=O) groups is 1. The van der Waals surface area contributed by atoms with Crippen LogP contribution in [0, 0.1) is 0 Å². The molecule has 2 aromatic rings. The van der Waals surface area contributed by atoms with Crippen molar-refractivity contribution < 1.29 is 9.53 Å². The van der Waals surface area contributed by atoms with E-state index >= 15 is 0 Å². The first kappa shape index (κ1) is 13.9. The van der Waals surface area contributed by atoms with Crippen LogP contribution in [0.3, 0.4) is 0 Å². The number of anilines is 2. The van der Waals surface area contributed by atoms with Gasteiger partial charge in [0.05, 0.1) is 12.8 Å². The molecule has 0 aliphatic rings. The van der Waals surface area contributed by atoms with Gasteiger partial charge in [0.15, 0.2) is 0 Å². The fourth-order valence-corrected chi connectivity index (χ4v) is 1.84. The lowest BCUT2D eigenvalue weighted by molar-refractivity contribution is -0.116. The fourth-order valence-electron chi connectivity index (χ4n) is 1.84. The maximum Gasteiger partial charge on any atom is 0.246 e. The van der Waals surface area contributed by atoms with Crippen LogP contribution in [-0.4, -0.2) is 19.1 Å². The molecule has 2 rings (SSSR count). The monoisotopic (exact) mass is 270 g/mol. The topological polar surface area (TPSA) is 50.4 Å². The summed E-state index contributed by atoms with van der Waals surface area (Å²) >= 11 is 0. The highest BCUT2D eigenvalue weighted by atomic mass is 16.5. The van der Waals surface area contributed by atoms with Crippen LogP contribution in [0.5, 0.6) is 5.75 Å². The van der Waals surface area contributed by atoms with Crippen LogP contribution < -0.4 is 15.4 Å². The minimum absolute atomic E-state index is 0.113. The van der Waals surface area contributed by atoms with Crippen molar-refractivity contribution in [3.8, 4) is 5.75 Å². The molecular weight excluding hydrogens is 252 g/mol. The molecule has 0 spiro atoms. The van der Waals surface area contributed by atoms with E-state index in [0.29, 0.717) is 11.4 Å². The summed E-state index contributed by atoms with van der Waals surface area (Å²) < 4.78 is 5.21. The second-order valence-corrected chi connectivity index (χ2v) is 4.42. The number of carbonyl (C=O) groups excluding carboxylic acids is 1. The number of methoxy groups -OCH3 is 1. The Hall–Kier alpha value is -2.49. The number of hydrogen-bond acceptors (Lipinski definition) is 3. The van der Waals surface area contributed by atoms with Crippen molar-refractivity contribution in [2.45, 2.75) is 13.0 Å². The first-order valence-corrected chi connectivity index (χ1v) is 6.46. The van der Waals surface area contributed by atoms with Crippen molar-refractivity contribution >= 4 is 17.3 Å². The number of benzene rings is 2. The van der Waals surface area contributed by atoms with Crippen LogP contribution in [-0.2, 0) is 4.79 Å². The average Bonchev–Trinajstić information content (AvgIpc) is 2.48. The SMILES string of the molecule is COc1ccccc1NC(=O)C(C)Nc1ccccc1. The van der Waals surface area contributed by atoms with Crippen LogP contribution in [0.2, 0.25) is 0 Å². The molecule has 0 aromatic heterocycles. The second-order valence-electron chi connectivity index (χ2n) is 4.42. The van der Waals surface area contributed by atoms with Crippen LogP contribution in [0.1, 0.15) is 6.92 Å². The molecule has 1 atom stereocenters. The third-order valence-electron chi connectivity index (χ3n) is 2.92. The molecule has 4 heteroatoms. The van der Waals surface area contributed by atoms with Crippen molar-refractivity contribution in [1.82, 2.24) is 0 Å². The van der Waals surface area contributed by atoms with E-state index in [1.165, 1.54) is 0 Å². The molecule has 0 heterocycles. The zero-order chi connectivity index (χ0) is 14.4. The number of nitrogens with one attached hydrogen (secondary N) is 2. The summed E-state index contributed by atoms with van der Waals surface area (Å²) in [4.78, 5) is 12.2. The standard InChI is InChI=1S/C16H18N2O2/c1-12(17-13-8-4-3-5-9-13)16(19)18-14-10-6-7-11-15(14)20-2/h3-12,17H,1-2H3,(H,18,19). The molecule has 20 heavy (non-hydrogen) atoms. The van der Waals surface area contributed by atoms with E-state index in [9.17, 15) is 4.79 Å². The molecule has 0 radical (unpaired) electrons. The van der Waals surface area contributed by atoms with Crippen LogP contribution in [0.4, 0.5) is 11.4 Å². The highest BCUT2D eigenvalue weighted by Gasteiger charge is 2.14. The van der Waals surface area contributed by atoms with E-state index in [1.54, 1.807) is 7.11 Å². The molecule has 0 saturated heterocycles. The summed E-state index contributed by atoms with van der Waals surface area (Å²) in [6.45, 7) is 1.82. The van der Waals surface area contributed by atoms with Gasteiger partial charge in [-0.15, -0.1) is 0 Å². The van der Waals surface area contributed by atoms with Gasteiger partial charge in [0.1, 0.15) is 11.8 Å². The molecule has 0 fully saturated rings. The summed E-state index contributed by atoms with van der Waals surface area (Å²) in [5.74, 6) is 0.533. The van der Waals surface area contributed by atoms with E-state index < -0.39 is 0 Å². The Labute approximate surface area is 118 Å². The normalized spacial score (nSPS) is 11.5. The molecule has 1 unspecified atom stereocenters. The third-order valence-corrected chi connectivity index (χ3v) is 2.92. The van der Waals surface area contributed by atoms with Gasteiger partial charge in [0.25, 0.3) is 0 Å². The number of rotatable bonds is 5. The summed E-state index contributed by atoms with van der Waals surface area (Å²) in [6, 6.07) is 16.6. The van der Waals surface area contributed by atoms with Crippen molar-refractivity contribution in [2.75, 3.05) is 17.7 Å². The molecule has 4 nitrogen and oxygen atoms in total. The summed E-state index contributed by atoms with van der Waals surface area (Å²) in [5, 5.41) is 6.00. The lowest BCUT2D eigenvalue weighted by atomic mass is 10.2. The summed E-state index contributed by atoms with van der Waals surface area (Å²) in [7, 11) is 1.58. The molecule has 104 valence electrons. The molecule has 0 aliphatic heterocycles. The predicted octanol–water partition coefficient (Wildman–Crippen LogP) is 3.13. The summed E-state index contributed by atoms with van der Waals surface area (Å²) in [6.07, 6.45) is 0. The Kier molecular flexibility index (Phi) is 4.60. The second kappa shape index (κ2) is 6.61. The first-order chi connectivity index (χ1) is 9.70. The Morgan fingerprint density at radius 1 is 1.05 bits per heavy atom. The largest absolute Gasteiger partial charge is 0.495 e. The van der Waals surface area contributed by atoms with Crippen molar-refractivity contribution in [3.05, 3.63) is 54.6 Å². The van der Waals surface area contributed by atoms with Gasteiger partial charge in [-0.3, -0.25) is 4.79 Å². The van der Waals surface area contributed by atoms with Crippen molar-refractivity contribution in [3.63, 3.8) is 0 Å². The quantitative estimate of drug-likeness (QED) is 0.877. The van der Waals surface area contributed by atoms with Gasteiger partial charge in [-0.1, -0.05) is 30.3 Å². The maximum absolute atomic E-state index is 12.2. The van der Waals surface area contributed by atoms with E-state index in [-0.39, 0.29) is 11.9 Å². The third kappa shape index (κ3) is 3.51. The van der Waals surface area contributed by atoms with Crippen molar-refractivity contribution in [1.29, 1.82) is 0 Å². The van der Waals surface area contributed by atoms with Gasteiger partial charge >= 0.3 is 0 Å². The first-order valence-electron chi connectivity index (χ1n) is 6.46. The molecule has 0 bridgehead atoms. The predicted molar refractivity (Wildman–Crippen MR) is 81.2 cm³/mol. The lowest BCUT2D eigenvalue weighted by Gasteiger charge is -2.16. The lowest BCUT2D eigenvalue weighted by Crippen LogP contribution is -2.31. The maximum atomic E-state index is 12.2. The Morgan fingerprint density at radius 2 is 1.70 bits per heavy atom. The number of para-hydroxylation sites is 3. The Morgan fingerprint density at radius 3 is 2.40 bits per heavy atom. The van der Waals surface area contributed by atoms with Crippen LogP contribution in [0.25, 0.3) is 0 Å². The zero-order valence-corrected chi connectivity index (χ0v) is 11.6. The number of ether oxygens (including phenoxy) is 1. The van der Waals surface area contributed by atoms with Gasteiger partial charge in [0.2, 0.25) is 5.91 Å². The number of amides is 1. The average molecular weight is 270 g/mol.